The molecule has 3 heterocycles. The summed E-state index contributed by atoms with van der Waals surface area (Å²) in [4.78, 5) is 19.7. The molecular formula is C19H22N4O. The molecule has 0 N–H and O–H groups in total. The second kappa shape index (κ2) is 5.91. The molecule has 0 saturated carbocycles. The maximum atomic E-state index is 12.9. The highest BCUT2D eigenvalue weighted by Gasteiger charge is 2.22. The van der Waals surface area contributed by atoms with E-state index in [1.807, 2.05) is 43.6 Å². The normalized spacial score (nSPS) is 19.0. The SMILES string of the molecule is CN1CCCC(n2ccnc2-c2cc3ccccc3n(C)c2=O)C1. The summed E-state index contributed by atoms with van der Waals surface area (Å²) in [6, 6.07) is 10.3. The smallest absolute Gasteiger partial charge is 0.261 e. The topological polar surface area (TPSA) is 43.1 Å². The lowest BCUT2D eigenvalue weighted by Crippen LogP contribution is -2.34. The van der Waals surface area contributed by atoms with Crippen LogP contribution in [0.15, 0.2) is 47.5 Å². The molecule has 1 aliphatic rings. The lowest BCUT2D eigenvalue weighted by molar-refractivity contribution is 0.213. The standard InChI is InChI=1S/C19H22N4O/c1-21-10-5-7-15(13-21)23-11-9-20-18(23)16-12-14-6-3-4-8-17(14)22(2)19(16)24/h3-4,6,8-9,11-12,15H,5,7,10,13H2,1-2H3. The minimum Gasteiger partial charge on any atom is -0.326 e. The summed E-state index contributed by atoms with van der Waals surface area (Å²) in [5, 5.41) is 1.06. The molecule has 1 saturated heterocycles. The fourth-order valence-electron chi connectivity index (χ4n) is 3.77. The van der Waals surface area contributed by atoms with Gasteiger partial charge in [0.15, 0.2) is 0 Å². The number of rotatable bonds is 2. The average molecular weight is 322 g/mol. The molecule has 2 aromatic heterocycles. The zero-order chi connectivity index (χ0) is 16.7. The minimum atomic E-state index is 0.00492. The Morgan fingerprint density at radius 1 is 1.21 bits per heavy atom. The van der Waals surface area contributed by atoms with Gasteiger partial charge in [0.1, 0.15) is 5.82 Å². The van der Waals surface area contributed by atoms with Gasteiger partial charge in [-0.05, 0) is 44.0 Å². The molecule has 5 heteroatoms. The van der Waals surface area contributed by atoms with E-state index in [1.165, 1.54) is 6.42 Å². The van der Waals surface area contributed by atoms with Crippen molar-refractivity contribution in [1.82, 2.24) is 19.0 Å². The van der Waals surface area contributed by atoms with Crippen molar-refractivity contribution >= 4 is 10.9 Å². The van der Waals surface area contributed by atoms with Crippen LogP contribution in [-0.4, -0.2) is 39.2 Å². The van der Waals surface area contributed by atoms with Gasteiger partial charge in [-0.15, -0.1) is 0 Å². The molecule has 124 valence electrons. The molecule has 0 bridgehead atoms. The zero-order valence-electron chi connectivity index (χ0n) is 14.1. The Bertz CT molecular complexity index is 940. The average Bonchev–Trinajstić information content (AvgIpc) is 3.07. The van der Waals surface area contributed by atoms with Crippen LogP contribution in [0.2, 0.25) is 0 Å². The van der Waals surface area contributed by atoms with Gasteiger partial charge in [-0.2, -0.15) is 0 Å². The largest absolute Gasteiger partial charge is 0.326 e. The Kier molecular flexibility index (Phi) is 3.73. The lowest BCUT2D eigenvalue weighted by atomic mass is 10.1. The second-order valence-electron chi connectivity index (χ2n) is 6.70. The van der Waals surface area contributed by atoms with Crippen LogP contribution in [0.1, 0.15) is 18.9 Å². The van der Waals surface area contributed by atoms with Crippen molar-refractivity contribution in [2.45, 2.75) is 18.9 Å². The molecule has 1 atom stereocenters. The van der Waals surface area contributed by atoms with Crippen LogP contribution in [0.25, 0.3) is 22.3 Å². The Morgan fingerprint density at radius 2 is 2.04 bits per heavy atom. The number of aryl methyl sites for hydroxylation is 1. The van der Waals surface area contributed by atoms with Crippen LogP contribution in [0.3, 0.4) is 0 Å². The number of pyridine rings is 1. The van der Waals surface area contributed by atoms with Gasteiger partial charge in [-0.25, -0.2) is 4.98 Å². The van der Waals surface area contributed by atoms with E-state index >= 15 is 0 Å². The second-order valence-corrected chi connectivity index (χ2v) is 6.70. The summed E-state index contributed by atoms with van der Waals surface area (Å²) in [6.07, 6.45) is 6.11. The van der Waals surface area contributed by atoms with E-state index in [1.54, 1.807) is 10.8 Å². The molecule has 5 nitrogen and oxygen atoms in total. The lowest BCUT2D eigenvalue weighted by Gasteiger charge is -2.31. The van der Waals surface area contributed by atoms with Crippen molar-refractivity contribution in [2.75, 3.05) is 20.1 Å². The maximum absolute atomic E-state index is 12.9. The first-order chi connectivity index (χ1) is 11.6. The number of benzene rings is 1. The highest BCUT2D eigenvalue weighted by Crippen LogP contribution is 2.26. The molecule has 0 aliphatic carbocycles. The van der Waals surface area contributed by atoms with E-state index in [4.69, 9.17) is 0 Å². The van der Waals surface area contributed by atoms with E-state index in [-0.39, 0.29) is 5.56 Å². The molecule has 3 aromatic rings. The van der Waals surface area contributed by atoms with Crippen molar-refractivity contribution in [2.24, 2.45) is 7.05 Å². The van der Waals surface area contributed by atoms with Gasteiger partial charge in [0.2, 0.25) is 0 Å². The number of hydrogen-bond donors (Lipinski definition) is 0. The molecule has 0 radical (unpaired) electrons. The van der Waals surface area contributed by atoms with Crippen LogP contribution in [0, 0.1) is 0 Å². The Labute approximate surface area is 141 Å². The van der Waals surface area contributed by atoms with Crippen molar-refractivity contribution in [3.8, 4) is 11.4 Å². The Hall–Kier alpha value is -2.40. The summed E-state index contributed by atoms with van der Waals surface area (Å²) in [5.41, 5.74) is 1.63. The minimum absolute atomic E-state index is 0.00492. The Balaban J connectivity index is 1.86. The number of likely N-dealkylation sites (N-methyl/N-ethyl adjacent to an activating group) is 1. The summed E-state index contributed by atoms with van der Waals surface area (Å²) in [5.74, 6) is 0.779. The number of para-hydroxylation sites is 1. The van der Waals surface area contributed by atoms with Crippen molar-refractivity contribution in [1.29, 1.82) is 0 Å². The van der Waals surface area contributed by atoms with Gasteiger partial charge < -0.3 is 14.0 Å². The van der Waals surface area contributed by atoms with Gasteiger partial charge in [-0.3, -0.25) is 4.79 Å². The van der Waals surface area contributed by atoms with Crippen molar-refractivity contribution in [3.05, 3.63) is 53.1 Å². The van der Waals surface area contributed by atoms with Crippen LogP contribution >= 0.6 is 0 Å². The van der Waals surface area contributed by atoms with Gasteiger partial charge in [0.05, 0.1) is 11.1 Å². The first-order valence-electron chi connectivity index (χ1n) is 8.45. The summed E-state index contributed by atoms with van der Waals surface area (Å²) in [6.45, 7) is 2.13. The molecule has 0 spiro atoms. The fraction of sp³-hybridized carbons (Fsp3) is 0.368. The predicted octanol–water partition coefficient (Wildman–Crippen LogP) is 2.67. The number of likely N-dealkylation sites (tertiary alicyclic amines) is 1. The van der Waals surface area contributed by atoms with Crippen LogP contribution in [0.4, 0.5) is 0 Å². The first kappa shape index (κ1) is 15.1. The van der Waals surface area contributed by atoms with Crippen LogP contribution < -0.4 is 5.56 Å². The number of hydrogen-bond acceptors (Lipinski definition) is 3. The monoisotopic (exact) mass is 322 g/mol. The molecule has 1 unspecified atom stereocenters. The van der Waals surface area contributed by atoms with E-state index in [0.717, 1.165) is 36.2 Å². The van der Waals surface area contributed by atoms with Crippen LogP contribution in [0.5, 0.6) is 0 Å². The summed E-state index contributed by atoms with van der Waals surface area (Å²) >= 11 is 0. The van der Waals surface area contributed by atoms with Gasteiger partial charge in [0, 0.05) is 32.0 Å². The molecular weight excluding hydrogens is 300 g/mol. The van der Waals surface area contributed by atoms with E-state index in [2.05, 4.69) is 21.5 Å². The molecule has 1 aromatic carbocycles. The maximum Gasteiger partial charge on any atom is 0.261 e. The summed E-state index contributed by atoms with van der Waals surface area (Å²) in [7, 11) is 3.98. The van der Waals surface area contributed by atoms with E-state index < -0.39 is 0 Å². The number of aromatic nitrogens is 3. The zero-order valence-corrected chi connectivity index (χ0v) is 14.1. The first-order valence-corrected chi connectivity index (χ1v) is 8.45. The third-order valence-corrected chi connectivity index (χ3v) is 5.04. The third kappa shape index (κ3) is 2.45. The summed E-state index contributed by atoms with van der Waals surface area (Å²) < 4.78 is 3.90. The third-order valence-electron chi connectivity index (χ3n) is 5.04. The van der Waals surface area contributed by atoms with E-state index in [0.29, 0.717) is 11.6 Å². The molecule has 0 amide bonds. The van der Waals surface area contributed by atoms with Crippen LogP contribution in [-0.2, 0) is 7.05 Å². The molecule has 1 fully saturated rings. The van der Waals surface area contributed by atoms with Gasteiger partial charge in [0.25, 0.3) is 5.56 Å². The predicted molar refractivity (Wildman–Crippen MR) is 96.2 cm³/mol. The number of imidazole rings is 1. The van der Waals surface area contributed by atoms with Gasteiger partial charge >= 0.3 is 0 Å². The molecule has 1 aliphatic heterocycles. The Morgan fingerprint density at radius 3 is 2.88 bits per heavy atom. The van der Waals surface area contributed by atoms with Gasteiger partial charge in [-0.1, -0.05) is 18.2 Å². The number of fused-ring (bicyclic) bond motifs is 1. The van der Waals surface area contributed by atoms with Crippen molar-refractivity contribution in [3.63, 3.8) is 0 Å². The highest BCUT2D eigenvalue weighted by atomic mass is 16.1. The number of piperidine rings is 1. The quantitative estimate of drug-likeness (QED) is 0.728. The van der Waals surface area contributed by atoms with Crippen molar-refractivity contribution < 1.29 is 0 Å². The van der Waals surface area contributed by atoms with E-state index in [9.17, 15) is 4.79 Å². The fourth-order valence-corrected chi connectivity index (χ4v) is 3.77. The number of nitrogens with zero attached hydrogens (tertiary/aromatic N) is 4. The molecule has 24 heavy (non-hydrogen) atoms. The molecule has 4 rings (SSSR count). The highest BCUT2D eigenvalue weighted by molar-refractivity contribution is 5.83.